The number of fused-ring (bicyclic) bond motifs is 8. The Kier molecular flexibility index (Phi) is 41.1. The number of nitrogens with zero attached hydrogens (tertiary/aromatic N) is 7. The van der Waals surface area contributed by atoms with Crippen LogP contribution in [0.15, 0.2) is 376 Å². The van der Waals surface area contributed by atoms with E-state index in [9.17, 15) is 18.8 Å². The summed E-state index contributed by atoms with van der Waals surface area (Å²) in [5.74, 6) is -0.371. The maximum Gasteiger partial charge on any atom is 0.155 e. The Morgan fingerprint density at radius 2 is 0.739 bits per heavy atom. The molecule has 12 aromatic carbocycles. The van der Waals surface area contributed by atoms with Gasteiger partial charge in [-0.25, -0.2) is 15.7 Å². The van der Waals surface area contributed by atoms with E-state index >= 15 is 0 Å². The smallest absolute Gasteiger partial charge is 0.155 e. The number of allylic oxidation sites excluding steroid dienone is 6. The number of carbonyl (C=O) groups is 3. The van der Waals surface area contributed by atoms with Crippen molar-refractivity contribution in [2.75, 3.05) is 4.90 Å². The summed E-state index contributed by atoms with van der Waals surface area (Å²) in [6.45, 7) is 26.0. The van der Waals surface area contributed by atoms with Crippen molar-refractivity contribution in [2.45, 2.75) is 113 Å². The number of aryl methyl sites for hydroxylation is 2. The van der Waals surface area contributed by atoms with Crippen molar-refractivity contribution in [3.63, 3.8) is 0 Å². The van der Waals surface area contributed by atoms with Gasteiger partial charge >= 0.3 is 0 Å². The molecule has 0 saturated heterocycles. The molecule has 13 nitrogen and oxygen atoms in total. The number of halogens is 1. The SMILES string of the molecule is CC(=O)C=C(C)O.CC(=O)C=C(C)O.CC(=O)C=C(C)O.CC1(C)c2c([c-]ccc2F)-c2nccc3cccc1c23.CC1(C)c2ccc[c-]c2-c2nccc3cccc1c23.CC1(C)c2ccc[c-]c2-c2nccc3cccc1c23.Cc1ccc(N(c2ccc(C)cc2)c2cc[c-]c(-c3ccccn3)c2)cc1.[Ir].[Ir].[Ir].[Ir].[Ir].[c-]1c(-c2ccccn2)sc2ccccc12.[c-]1ccccc1-c1nccc2ccccc12. The zero-order chi connectivity index (χ0) is 97.1. The molecule has 3 aliphatic rings. The largest absolute Gasteiger partial charge is 0.512 e. The molecule has 0 spiro atoms. The van der Waals surface area contributed by atoms with Crippen LogP contribution in [0.5, 0.6) is 0 Å². The number of rotatable bonds is 9. The first-order chi connectivity index (χ1) is 66.0. The van der Waals surface area contributed by atoms with Crippen LogP contribution >= 0.6 is 11.3 Å². The molecule has 0 amide bonds. The van der Waals surface area contributed by atoms with Crippen molar-refractivity contribution in [3.8, 4) is 66.9 Å². The van der Waals surface area contributed by atoms with Crippen LogP contribution in [-0.2, 0) is 131 Å². The van der Waals surface area contributed by atoms with Crippen LogP contribution in [0.25, 0.3) is 120 Å². The third-order valence-electron chi connectivity index (χ3n) is 23.4. The number of hydrogen-bond donors (Lipinski definition) is 3. The summed E-state index contributed by atoms with van der Waals surface area (Å²) in [5.41, 5.74) is 23.7. The molecule has 0 saturated carbocycles. The quantitative estimate of drug-likeness (QED) is 0.0703. The minimum Gasteiger partial charge on any atom is -0.512 e. The van der Waals surface area contributed by atoms with E-state index in [2.05, 4.69) is 303 Å². The van der Waals surface area contributed by atoms with Crippen LogP contribution < -0.4 is 4.90 Å². The fraction of sp³-hybridized carbons (Fsp3) is 0.139. The van der Waals surface area contributed by atoms with Gasteiger partial charge in [0.25, 0.3) is 0 Å². The molecule has 0 atom stereocenters. The summed E-state index contributed by atoms with van der Waals surface area (Å²) in [5, 5.41) is 36.0. The first-order valence-corrected chi connectivity index (χ1v) is 45.8. The Bertz CT molecular complexity index is 7360. The Labute approximate surface area is 902 Å². The van der Waals surface area contributed by atoms with Crippen LogP contribution in [0.4, 0.5) is 21.5 Å². The molecule has 22 rings (SSSR count). The number of aromatic nitrogens is 6. The number of hydrogen-bond acceptors (Lipinski definition) is 14. The van der Waals surface area contributed by atoms with Crippen LogP contribution in [0.1, 0.15) is 128 Å². The molecule has 3 aliphatic carbocycles. The Balaban J connectivity index is 0.000000183. The van der Waals surface area contributed by atoms with Crippen molar-refractivity contribution < 1.29 is 135 Å². The predicted molar refractivity (Wildman–Crippen MR) is 558 cm³/mol. The Morgan fingerprint density at radius 1 is 0.345 bits per heavy atom. The number of thiophene rings is 1. The molecular weight excluding hydrogens is 2670 g/mol. The van der Waals surface area contributed by atoms with E-state index in [0.717, 1.165) is 100 Å². The molecule has 20 heteroatoms. The summed E-state index contributed by atoms with van der Waals surface area (Å²) in [4.78, 5) is 60.4. The molecule has 19 aromatic rings. The maximum atomic E-state index is 14.4. The molecular formula is C122H104FIr5N7O6S-6. The fourth-order valence-corrected chi connectivity index (χ4v) is 18.2. The van der Waals surface area contributed by atoms with Crippen molar-refractivity contribution in [2.24, 2.45) is 0 Å². The summed E-state index contributed by atoms with van der Waals surface area (Å²) >= 11 is 1.73. The van der Waals surface area contributed by atoms with Gasteiger partial charge < -0.3 is 50.1 Å². The summed E-state index contributed by atoms with van der Waals surface area (Å²) in [6, 6.07) is 123. The predicted octanol–water partition coefficient (Wildman–Crippen LogP) is 30.4. The van der Waals surface area contributed by atoms with Crippen LogP contribution in [0, 0.1) is 56.1 Å². The van der Waals surface area contributed by atoms with E-state index < -0.39 is 0 Å². The second-order valence-corrected chi connectivity index (χ2v) is 35.9. The van der Waals surface area contributed by atoms with Gasteiger partial charge in [-0.3, -0.25) is 14.4 Å². The first kappa shape index (κ1) is 113. The van der Waals surface area contributed by atoms with Gasteiger partial charge in [-0.15, -0.1) is 184 Å². The van der Waals surface area contributed by atoms with Gasteiger partial charge in [0, 0.05) is 179 Å². The molecule has 7 aromatic heterocycles. The minimum atomic E-state index is -0.382. The second kappa shape index (κ2) is 51.7. The summed E-state index contributed by atoms with van der Waals surface area (Å²) in [6.07, 6.45) is 14.5. The number of aliphatic hydroxyl groups is 3. The van der Waals surface area contributed by atoms with Gasteiger partial charge in [0.2, 0.25) is 0 Å². The summed E-state index contributed by atoms with van der Waals surface area (Å²) in [7, 11) is 0. The maximum absolute atomic E-state index is 14.4. The number of pyridine rings is 6. The van der Waals surface area contributed by atoms with Gasteiger partial charge in [0.1, 0.15) is 0 Å². The van der Waals surface area contributed by atoms with Crippen molar-refractivity contribution >= 4 is 98.9 Å². The molecule has 7 heterocycles. The Morgan fingerprint density at radius 3 is 1.19 bits per heavy atom. The van der Waals surface area contributed by atoms with E-state index in [0.29, 0.717) is 5.56 Å². The van der Waals surface area contributed by atoms with Crippen molar-refractivity contribution in [1.29, 1.82) is 0 Å². The van der Waals surface area contributed by atoms with Gasteiger partial charge in [-0.1, -0.05) is 198 Å². The standard InChI is InChI=1S/C25H21N2.C18H13FN.2C18H14N.C15H10N.C13H8NS.3C5H8O2.5Ir/c1-19-9-13-22(14-10-19)27(23-15-11-20(2)12-16-23)24-7-5-6-21(18-24)25-8-3-4-17-26-25;1-18(2)13-7-3-5-11-9-10-20-17(15(11)13)12-6-4-8-14(19)16(12)18;2*1-18(2)14-8-4-3-7-13(14)17-16-12(10-11-19-17)6-5-9-15(16)18;1-2-7-13(8-3-1)15-14-9-5-4-6-12(14)10-11-16-15;1-2-7-12-10(5-1)9-13(15-12)11-6-3-4-8-14-11;3*1-4(6)3-5(2)7;;;;;/h3-5,7-18H,1-2H3;3-5,7-10H,1-2H3;2*3-6,8-11H,1-2H3;1-7,9-11H;1-8H;3*3,6H,1-2H3;;;;;/q6*-1;;;;;;;;. The van der Waals surface area contributed by atoms with Gasteiger partial charge in [0.15, 0.2) is 17.3 Å². The average Bonchev–Trinajstić information content (AvgIpc) is 0.911. The number of ketones is 3. The third-order valence-corrected chi connectivity index (χ3v) is 24.5. The molecule has 727 valence electrons. The molecule has 5 radical (unpaired) electrons. The van der Waals surface area contributed by atoms with Crippen LogP contribution in [-0.4, -0.2) is 62.6 Å². The number of carbonyl (C=O) groups excluding carboxylic acids is 3. The molecule has 142 heavy (non-hydrogen) atoms. The monoisotopic (exact) mass is 2780 g/mol. The van der Waals surface area contributed by atoms with Gasteiger partial charge in [-0.05, 0) is 236 Å². The van der Waals surface area contributed by atoms with Crippen molar-refractivity contribution in [3.05, 3.63) is 463 Å². The van der Waals surface area contributed by atoms with Crippen LogP contribution in [0.3, 0.4) is 0 Å². The minimum absolute atomic E-state index is 0. The number of aliphatic hydroxyl groups excluding tert-OH is 3. The van der Waals surface area contributed by atoms with Crippen molar-refractivity contribution in [1.82, 2.24) is 29.9 Å². The van der Waals surface area contributed by atoms with E-state index in [4.69, 9.17) is 15.3 Å². The summed E-state index contributed by atoms with van der Waals surface area (Å²) < 4.78 is 15.7. The van der Waals surface area contributed by atoms with Crippen LogP contribution in [0.2, 0.25) is 0 Å². The molecule has 3 N–H and O–H groups in total. The number of anilines is 3. The fourth-order valence-electron chi connectivity index (χ4n) is 17.2. The molecule has 0 aliphatic heterocycles. The molecule has 0 bridgehead atoms. The number of benzene rings is 12. The first-order valence-electron chi connectivity index (χ1n) is 45.0. The Hall–Kier alpha value is -12.9. The van der Waals surface area contributed by atoms with E-state index in [-0.39, 0.29) is 157 Å². The zero-order valence-corrected chi connectivity index (χ0v) is 93.5. The van der Waals surface area contributed by atoms with E-state index in [1.807, 2.05) is 146 Å². The molecule has 0 fully saturated rings. The topological polar surface area (TPSA) is 192 Å². The van der Waals surface area contributed by atoms with Gasteiger partial charge in [0.05, 0.1) is 17.3 Å². The van der Waals surface area contributed by atoms with E-state index in [1.54, 1.807) is 23.6 Å². The normalized spacial score (nSPS) is 12.2. The second-order valence-electron chi connectivity index (χ2n) is 34.9. The zero-order valence-electron chi connectivity index (χ0n) is 80.7. The average molecular weight is 2780 g/mol. The van der Waals surface area contributed by atoms with E-state index in [1.165, 1.54) is 142 Å². The van der Waals surface area contributed by atoms with Gasteiger partial charge in [-0.2, -0.15) is 0 Å². The third kappa shape index (κ3) is 27.1. The molecule has 0 unspecified atom stereocenters.